The molecule has 0 saturated carbocycles. The van der Waals surface area contributed by atoms with E-state index in [2.05, 4.69) is 21.2 Å². The van der Waals surface area contributed by atoms with E-state index in [4.69, 9.17) is 4.42 Å². The molecule has 1 heterocycles. The van der Waals surface area contributed by atoms with Gasteiger partial charge in [0, 0.05) is 11.1 Å². The molecule has 0 aliphatic carbocycles. The Labute approximate surface area is 108 Å². The van der Waals surface area contributed by atoms with Gasteiger partial charge in [0.2, 0.25) is 0 Å². The molecule has 2 rings (SSSR count). The van der Waals surface area contributed by atoms with Crippen LogP contribution in [0.2, 0.25) is 0 Å². The van der Waals surface area contributed by atoms with Crippen molar-refractivity contribution in [3.05, 3.63) is 58.2 Å². The summed E-state index contributed by atoms with van der Waals surface area (Å²) < 4.78 is 19.6. The topological polar surface area (TPSA) is 25.2 Å². The van der Waals surface area contributed by atoms with Gasteiger partial charge in [0.15, 0.2) is 0 Å². The number of benzene rings is 1. The van der Waals surface area contributed by atoms with Gasteiger partial charge < -0.3 is 9.73 Å². The molecular weight excluding hydrogens is 285 g/mol. The average molecular weight is 298 g/mol. The van der Waals surface area contributed by atoms with Gasteiger partial charge in [-0.3, -0.25) is 0 Å². The highest BCUT2D eigenvalue weighted by Crippen LogP contribution is 2.28. The summed E-state index contributed by atoms with van der Waals surface area (Å²) in [5, 5.41) is 3.25. The highest BCUT2D eigenvalue weighted by Gasteiger charge is 2.19. The van der Waals surface area contributed by atoms with Gasteiger partial charge in [-0.15, -0.1) is 0 Å². The lowest BCUT2D eigenvalue weighted by Crippen LogP contribution is -2.22. The number of hydrogen-bond donors (Lipinski definition) is 1. The molecule has 90 valence electrons. The first-order chi connectivity index (χ1) is 8.24. The van der Waals surface area contributed by atoms with Crippen molar-refractivity contribution in [1.29, 1.82) is 0 Å². The lowest BCUT2D eigenvalue weighted by atomic mass is 10.0. The van der Waals surface area contributed by atoms with Gasteiger partial charge in [-0.25, -0.2) is 4.39 Å². The second-order valence-corrected chi connectivity index (χ2v) is 4.54. The van der Waals surface area contributed by atoms with Crippen LogP contribution < -0.4 is 5.32 Å². The van der Waals surface area contributed by atoms with Gasteiger partial charge >= 0.3 is 0 Å². The summed E-state index contributed by atoms with van der Waals surface area (Å²) in [7, 11) is 0. The molecule has 0 fully saturated rings. The fourth-order valence-electron chi connectivity index (χ4n) is 1.79. The number of furan rings is 1. The second kappa shape index (κ2) is 5.47. The normalized spacial score (nSPS) is 12.6. The second-order valence-electron chi connectivity index (χ2n) is 3.69. The van der Waals surface area contributed by atoms with E-state index < -0.39 is 0 Å². The van der Waals surface area contributed by atoms with Crippen LogP contribution in [0.25, 0.3) is 0 Å². The largest absolute Gasteiger partial charge is 0.472 e. The summed E-state index contributed by atoms with van der Waals surface area (Å²) in [6.07, 6.45) is 3.23. The van der Waals surface area contributed by atoms with E-state index in [0.29, 0.717) is 10.0 Å². The molecule has 2 nitrogen and oxygen atoms in total. The predicted octanol–water partition coefficient (Wildman–Crippen LogP) is 3.88. The zero-order chi connectivity index (χ0) is 12.3. The third kappa shape index (κ3) is 2.58. The Morgan fingerprint density at radius 1 is 1.41 bits per heavy atom. The highest BCUT2D eigenvalue weighted by atomic mass is 79.9. The van der Waals surface area contributed by atoms with Crippen LogP contribution in [0.3, 0.4) is 0 Å². The Morgan fingerprint density at radius 3 is 2.88 bits per heavy atom. The third-order valence-electron chi connectivity index (χ3n) is 2.58. The minimum absolute atomic E-state index is 0.184. The average Bonchev–Trinajstić information content (AvgIpc) is 2.84. The maximum atomic E-state index is 14.0. The molecule has 1 atom stereocenters. The quantitative estimate of drug-likeness (QED) is 0.926. The molecular formula is C13H13BrFNO. The zero-order valence-corrected chi connectivity index (χ0v) is 11.0. The lowest BCUT2D eigenvalue weighted by molar-refractivity contribution is 0.536. The Kier molecular flexibility index (Phi) is 3.97. The summed E-state index contributed by atoms with van der Waals surface area (Å²) in [5.74, 6) is -0.236. The molecule has 0 aliphatic heterocycles. The molecule has 17 heavy (non-hydrogen) atoms. The van der Waals surface area contributed by atoms with Gasteiger partial charge in [0.25, 0.3) is 0 Å². The van der Waals surface area contributed by atoms with Crippen LogP contribution in [0.5, 0.6) is 0 Å². The van der Waals surface area contributed by atoms with E-state index >= 15 is 0 Å². The molecule has 1 N–H and O–H groups in total. The number of hydrogen-bond acceptors (Lipinski definition) is 2. The fourth-order valence-corrected chi connectivity index (χ4v) is 2.18. The Morgan fingerprint density at radius 2 is 2.24 bits per heavy atom. The number of nitrogens with one attached hydrogen (secondary N) is 1. The lowest BCUT2D eigenvalue weighted by Gasteiger charge is -2.18. The first-order valence-electron chi connectivity index (χ1n) is 5.43. The van der Waals surface area contributed by atoms with Crippen molar-refractivity contribution in [2.75, 3.05) is 6.54 Å². The maximum Gasteiger partial charge on any atom is 0.142 e. The summed E-state index contributed by atoms with van der Waals surface area (Å²) in [6, 6.07) is 6.95. The van der Waals surface area contributed by atoms with Crippen molar-refractivity contribution < 1.29 is 8.81 Å². The highest BCUT2D eigenvalue weighted by molar-refractivity contribution is 9.10. The van der Waals surface area contributed by atoms with Crippen molar-refractivity contribution in [2.24, 2.45) is 0 Å². The first-order valence-corrected chi connectivity index (χ1v) is 6.22. The van der Waals surface area contributed by atoms with E-state index in [-0.39, 0.29) is 11.9 Å². The van der Waals surface area contributed by atoms with E-state index in [9.17, 15) is 4.39 Å². The molecule has 2 aromatic rings. The SMILES string of the molecule is CCNC(c1ccoc1)c1cccc(Br)c1F. The van der Waals surface area contributed by atoms with Gasteiger partial charge in [0.1, 0.15) is 5.82 Å². The van der Waals surface area contributed by atoms with E-state index in [0.717, 1.165) is 12.1 Å². The maximum absolute atomic E-state index is 14.0. The molecule has 4 heteroatoms. The summed E-state index contributed by atoms with van der Waals surface area (Å²) in [6.45, 7) is 2.74. The molecule has 0 spiro atoms. The van der Waals surface area contributed by atoms with Gasteiger partial charge in [-0.05, 0) is 34.6 Å². The monoisotopic (exact) mass is 297 g/mol. The van der Waals surface area contributed by atoms with Crippen molar-refractivity contribution >= 4 is 15.9 Å². The molecule has 0 radical (unpaired) electrons. The summed E-state index contributed by atoms with van der Waals surface area (Å²) in [5.41, 5.74) is 1.53. The van der Waals surface area contributed by atoms with Gasteiger partial charge in [0.05, 0.1) is 23.0 Å². The van der Waals surface area contributed by atoms with Crippen LogP contribution in [0.4, 0.5) is 4.39 Å². The molecule has 1 aromatic heterocycles. The molecule has 0 saturated heterocycles. The van der Waals surface area contributed by atoms with Gasteiger partial charge in [-0.1, -0.05) is 19.1 Å². The van der Waals surface area contributed by atoms with Crippen molar-refractivity contribution in [1.82, 2.24) is 5.32 Å². The van der Waals surface area contributed by atoms with Crippen molar-refractivity contribution in [3.63, 3.8) is 0 Å². The number of rotatable bonds is 4. The zero-order valence-electron chi connectivity index (χ0n) is 9.41. The molecule has 0 aliphatic rings. The molecule has 1 unspecified atom stereocenters. The third-order valence-corrected chi connectivity index (χ3v) is 3.19. The fraction of sp³-hybridized carbons (Fsp3) is 0.231. The van der Waals surface area contributed by atoms with Crippen LogP contribution in [0.15, 0.2) is 45.7 Å². The molecule has 0 amide bonds. The van der Waals surface area contributed by atoms with Crippen LogP contribution in [0.1, 0.15) is 24.1 Å². The minimum atomic E-state index is -0.236. The molecule has 0 bridgehead atoms. The standard InChI is InChI=1S/C13H13BrFNO/c1-2-16-13(9-6-7-17-8-9)10-4-3-5-11(14)12(10)15/h3-8,13,16H,2H2,1H3. The smallest absolute Gasteiger partial charge is 0.142 e. The van der Waals surface area contributed by atoms with Crippen molar-refractivity contribution in [3.8, 4) is 0 Å². The number of halogens is 2. The Hall–Kier alpha value is -1.13. The first kappa shape index (κ1) is 12.3. The van der Waals surface area contributed by atoms with E-state index in [1.165, 1.54) is 0 Å². The van der Waals surface area contributed by atoms with Crippen LogP contribution >= 0.6 is 15.9 Å². The van der Waals surface area contributed by atoms with Crippen LogP contribution in [-0.4, -0.2) is 6.54 Å². The van der Waals surface area contributed by atoms with Gasteiger partial charge in [-0.2, -0.15) is 0 Å². The summed E-state index contributed by atoms with van der Waals surface area (Å²) in [4.78, 5) is 0. The predicted molar refractivity (Wildman–Crippen MR) is 68.3 cm³/mol. The summed E-state index contributed by atoms with van der Waals surface area (Å²) >= 11 is 3.20. The van der Waals surface area contributed by atoms with Crippen LogP contribution in [0, 0.1) is 5.82 Å². The minimum Gasteiger partial charge on any atom is -0.472 e. The van der Waals surface area contributed by atoms with Crippen molar-refractivity contribution in [2.45, 2.75) is 13.0 Å². The Bertz CT molecular complexity index is 484. The Balaban J connectivity index is 2.43. The van der Waals surface area contributed by atoms with E-state index in [1.54, 1.807) is 24.7 Å². The molecule has 1 aromatic carbocycles. The van der Waals surface area contributed by atoms with Crippen LogP contribution in [-0.2, 0) is 0 Å². The van der Waals surface area contributed by atoms with E-state index in [1.807, 2.05) is 19.1 Å².